The van der Waals surface area contributed by atoms with Gasteiger partial charge in [-0.1, -0.05) is 19.9 Å². The van der Waals surface area contributed by atoms with E-state index in [0.717, 1.165) is 17.1 Å². The van der Waals surface area contributed by atoms with Crippen molar-refractivity contribution in [1.29, 1.82) is 0 Å². The van der Waals surface area contributed by atoms with Crippen molar-refractivity contribution in [2.24, 2.45) is 0 Å². The number of benzene rings is 1. The minimum atomic E-state index is -2.96. The van der Waals surface area contributed by atoms with Gasteiger partial charge in [0.1, 0.15) is 5.82 Å². The molecule has 1 aromatic carbocycles. The van der Waals surface area contributed by atoms with Crippen molar-refractivity contribution in [3.05, 3.63) is 29.6 Å². The molecule has 0 radical (unpaired) electrons. The van der Waals surface area contributed by atoms with Crippen LogP contribution in [-0.4, -0.2) is 52.4 Å². The molecule has 1 aromatic heterocycles. The van der Waals surface area contributed by atoms with Crippen molar-refractivity contribution in [1.82, 2.24) is 14.3 Å². The fourth-order valence-electron chi connectivity index (χ4n) is 3.24. The number of carbonyl (C=O) groups is 2. The Hall–Kier alpha value is -2.82. The normalized spacial score (nSPS) is 16.3. The van der Waals surface area contributed by atoms with E-state index in [9.17, 15) is 18.4 Å². The van der Waals surface area contributed by atoms with Crippen molar-refractivity contribution >= 4 is 28.5 Å². The van der Waals surface area contributed by atoms with Gasteiger partial charge in [-0.05, 0) is 24.6 Å². The maximum absolute atomic E-state index is 12.6. The summed E-state index contributed by atoms with van der Waals surface area (Å²) in [4.78, 5) is 30.5. The summed E-state index contributed by atoms with van der Waals surface area (Å²) in [5.74, 6) is 0.250. The Labute approximate surface area is 182 Å². The molecule has 0 aliphatic carbocycles. The van der Waals surface area contributed by atoms with Gasteiger partial charge in [-0.15, -0.1) is 0 Å². The van der Waals surface area contributed by atoms with Crippen LogP contribution in [-0.2, 0) is 9.59 Å². The largest absolute Gasteiger partial charge is 0.490 e. The van der Waals surface area contributed by atoms with E-state index < -0.39 is 6.61 Å². The van der Waals surface area contributed by atoms with Crippen LogP contribution >= 0.6 is 11.5 Å². The molecule has 2 heterocycles. The highest BCUT2D eigenvalue weighted by Crippen LogP contribution is 2.35. The summed E-state index contributed by atoms with van der Waals surface area (Å²) >= 11 is 1.10. The molecule has 8 nitrogen and oxygen atoms in total. The van der Waals surface area contributed by atoms with E-state index >= 15 is 0 Å². The zero-order valence-corrected chi connectivity index (χ0v) is 18.2. The smallest absolute Gasteiger partial charge is 0.387 e. The molecule has 1 N–H and O–H groups in total. The molecule has 1 aliphatic rings. The maximum Gasteiger partial charge on any atom is 0.387 e. The Morgan fingerprint density at radius 1 is 1.35 bits per heavy atom. The average molecular weight is 454 g/mol. The molecular formula is C20H24F2N4O4S. The van der Waals surface area contributed by atoms with Gasteiger partial charge in [-0.2, -0.15) is 13.2 Å². The molecule has 0 spiro atoms. The number of amides is 2. The number of anilines is 1. The lowest BCUT2D eigenvalue weighted by atomic mass is 9.98. The standard InChI is InChI=1S/C20H24F2N4O4S/c1-4-29-15-7-12(5-6-14(15)30-19(21)22)13-8-17(28)26(9-13)10-16(27)23-20-24-18(11(2)3)25-31-20/h5-7,11,13,19H,4,8-10H2,1-3H3,(H,23,24,25,27)/t13-/m1/s1. The lowest BCUT2D eigenvalue weighted by Gasteiger charge is -2.17. The Morgan fingerprint density at radius 3 is 2.77 bits per heavy atom. The van der Waals surface area contributed by atoms with Crippen LogP contribution < -0.4 is 14.8 Å². The number of likely N-dealkylation sites (tertiary alicyclic amines) is 1. The van der Waals surface area contributed by atoms with Gasteiger partial charge in [-0.25, -0.2) is 4.98 Å². The van der Waals surface area contributed by atoms with Crippen LogP contribution in [0.5, 0.6) is 11.5 Å². The van der Waals surface area contributed by atoms with Crippen molar-refractivity contribution in [2.45, 2.75) is 45.6 Å². The van der Waals surface area contributed by atoms with Gasteiger partial charge in [0.15, 0.2) is 11.5 Å². The topological polar surface area (TPSA) is 93.7 Å². The maximum atomic E-state index is 12.6. The third-order valence-corrected chi connectivity index (χ3v) is 5.35. The second-order valence-corrected chi connectivity index (χ2v) is 8.11. The number of aromatic nitrogens is 2. The summed E-state index contributed by atoms with van der Waals surface area (Å²) in [6.07, 6.45) is 0.213. The summed E-state index contributed by atoms with van der Waals surface area (Å²) < 4.78 is 39.3. The van der Waals surface area contributed by atoms with E-state index in [1.807, 2.05) is 13.8 Å². The molecular weight excluding hydrogens is 430 g/mol. The fourth-order valence-corrected chi connectivity index (χ4v) is 3.97. The summed E-state index contributed by atoms with van der Waals surface area (Å²) in [6.45, 7) is 3.21. The minimum absolute atomic E-state index is 0.0565. The zero-order valence-electron chi connectivity index (χ0n) is 17.4. The number of hydrogen-bond donors (Lipinski definition) is 1. The molecule has 3 rings (SSSR count). The first-order valence-corrected chi connectivity index (χ1v) is 10.7. The van der Waals surface area contributed by atoms with Crippen LogP contribution in [0.15, 0.2) is 18.2 Å². The molecule has 2 amide bonds. The van der Waals surface area contributed by atoms with Crippen molar-refractivity contribution < 1.29 is 27.8 Å². The van der Waals surface area contributed by atoms with Crippen LogP contribution in [0.2, 0.25) is 0 Å². The summed E-state index contributed by atoms with van der Waals surface area (Å²) in [5.41, 5.74) is 0.757. The first-order valence-electron chi connectivity index (χ1n) is 9.89. The van der Waals surface area contributed by atoms with Gasteiger partial charge in [0.25, 0.3) is 0 Å². The molecule has 11 heteroatoms. The predicted octanol–water partition coefficient (Wildman–Crippen LogP) is 3.62. The number of ether oxygens (including phenoxy) is 2. The van der Waals surface area contributed by atoms with E-state index in [1.54, 1.807) is 19.1 Å². The number of carbonyl (C=O) groups excluding carboxylic acids is 2. The van der Waals surface area contributed by atoms with Crippen LogP contribution in [0.1, 0.15) is 50.4 Å². The number of rotatable bonds is 9. The number of halogens is 2. The molecule has 0 bridgehead atoms. The quantitative estimate of drug-likeness (QED) is 0.622. The van der Waals surface area contributed by atoms with Crippen LogP contribution in [0.4, 0.5) is 13.9 Å². The van der Waals surface area contributed by atoms with E-state index in [-0.39, 0.29) is 54.7 Å². The highest BCUT2D eigenvalue weighted by Gasteiger charge is 2.32. The zero-order chi connectivity index (χ0) is 22.5. The van der Waals surface area contributed by atoms with Gasteiger partial charge in [-0.3, -0.25) is 14.9 Å². The molecule has 1 fully saturated rings. The molecule has 0 saturated carbocycles. The molecule has 168 valence electrons. The first-order chi connectivity index (χ1) is 14.8. The van der Waals surface area contributed by atoms with Crippen molar-refractivity contribution in [3.63, 3.8) is 0 Å². The number of nitrogens with one attached hydrogen (secondary N) is 1. The Kier molecular flexibility index (Phi) is 7.37. The Balaban J connectivity index is 1.63. The molecule has 1 aliphatic heterocycles. The molecule has 31 heavy (non-hydrogen) atoms. The van der Waals surface area contributed by atoms with Crippen LogP contribution in [0, 0.1) is 0 Å². The van der Waals surface area contributed by atoms with Gasteiger partial charge < -0.3 is 14.4 Å². The highest BCUT2D eigenvalue weighted by molar-refractivity contribution is 7.09. The second-order valence-electron chi connectivity index (χ2n) is 7.35. The summed E-state index contributed by atoms with van der Waals surface area (Å²) in [6, 6.07) is 4.65. The van der Waals surface area contributed by atoms with E-state index in [4.69, 9.17) is 4.74 Å². The molecule has 0 unspecified atom stereocenters. The SMILES string of the molecule is CCOc1cc([C@@H]2CC(=O)N(CC(=O)Nc3nc(C(C)C)ns3)C2)ccc1OC(F)F. The second kappa shape index (κ2) is 9.99. The Morgan fingerprint density at radius 2 is 2.13 bits per heavy atom. The predicted molar refractivity (Wildman–Crippen MR) is 111 cm³/mol. The monoisotopic (exact) mass is 454 g/mol. The van der Waals surface area contributed by atoms with Crippen molar-refractivity contribution in [3.8, 4) is 11.5 Å². The van der Waals surface area contributed by atoms with Crippen LogP contribution in [0.3, 0.4) is 0 Å². The van der Waals surface area contributed by atoms with E-state index in [1.165, 1.54) is 11.0 Å². The minimum Gasteiger partial charge on any atom is -0.490 e. The third kappa shape index (κ3) is 5.87. The molecule has 2 aromatic rings. The van der Waals surface area contributed by atoms with Gasteiger partial charge in [0, 0.05) is 36.3 Å². The third-order valence-electron chi connectivity index (χ3n) is 4.71. The van der Waals surface area contributed by atoms with E-state index in [0.29, 0.717) is 17.5 Å². The lowest BCUT2D eigenvalue weighted by Crippen LogP contribution is -2.34. The highest BCUT2D eigenvalue weighted by atomic mass is 32.1. The molecule has 1 atom stereocenters. The number of hydrogen-bond acceptors (Lipinski definition) is 7. The summed E-state index contributed by atoms with van der Waals surface area (Å²) in [5, 5.41) is 3.07. The molecule has 1 saturated heterocycles. The summed E-state index contributed by atoms with van der Waals surface area (Å²) in [7, 11) is 0. The van der Waals surface area contributed by atoms with Crippen molar-refractivity contribution in [2.75, 3.05) is 25.0 Å². The number of alkyl halides is 2. The first kappa shape index (κ1) is 22.9. The van der Waals surface area contributed by atoms with Gasteiger partial charge in [0.2, 0.25) is 16.9 Å². The lowest BCUT2D eigenvalue weighted by molar-refractivity contribution is -0.131. The number of nitrogens with zero attached hydrogens (tertiary/aromatic N) is 3. The van der Waals surface area contributed by atoms with Gasteiger partial charge >= 0.3 is 6.61 Å². The van der Waals surface area contributed by atoms with E-state index in [2.05, 4.69) is 19.4 Å². The fraction of sp³-hybridized carbons (Fsp3) is 0.500. The van der Waals surface area contributed by atoms with Crippen LogP contribution in [0.25, 0.3) is 0 Å². The average Bonchev–Trinajstić information content (AvgIpc) is 3.30. The Bertz CT molecular complexity index is 938. The van der Waals surface area contributed by atoms with Gasteiger partial charge in [0.05, 0.1) is 13.2 Å².